The molecule has 3 atom stereocenters. The van der Waals surface area contributed by atoms with Crippen LogP contribution in [0.4, 0.5) is 0 Å². The fourth-order valence-corrected chi connectivity index (χ4v) is 3.02. The molecule has 0 aromatic heterocycles. The van der Waals surface area contributed by atoms with E-state index in [0.717, 1.165) is 25.9 Å². The minimum atomic E-state index is -0.377. The minimum absolute atomic E-state index is 0.00376. The third-order valence-corrected chi connectivity index (χ3v) is 4.23. The van der Waals surface area contributed by atoms with Gasteiger partial charge in [0, 0.05) is 19.1 Å². The van der Waals surface area contributed by atoms with Crippen molar-refractivity contribution in [1.82, 2.24) is 10.2 Å². The lowest BCUT2D eigenvalue weighted by Gasteiger charge is -2.41. The lowest BCUT2D eigenvalue weighted by molar-refractivity contribution is -0.151. The second-order valence-corrected chi connectivity index (χ2v) is 6.25. The molecule has 0 saturated carbocycles. The van der Waals surface area contributed by atoms with Crippen molar-refractivity contribution in [2.45, 2.75) is 52.1 Å². The van der Waals surface area contributed by atoms with Crippen molar-refractivity contribution in [2.24, 2.45) is 11.8 Å². The van der Waals surface area contributed by atoms with Crippen LogP contribution in [0.2, 0.25) is 0 Å². The van der Waals surface area contributed by atoms with Gasteiger partial charge in [-0.1, -0.05) is 27.2 Å². The molecule has 1 N–H and O–H groups in total. The Balaban J connectivity index is 2.14. The fourth-order valence-electron chi connectivity index (χ4n) is 3.02. The molecule has 0 aromatic carbocycles. The molecule has 3 unspecified atom stereocenters. The molecule has 20 heavy (non-hydrogen) atoms. The first kappa shape index (κ1) is 15.3. The number of ether oxygens (including phenoxy) is 1. The van der Waals surface area contributed by atoms with E-state index in [-0.39, 0.29) is 29.8 Å². The molecule has 0 spiro atoms. The molecule has 2 aliphatic heterocycles. The Morgan fingerprint density at radius 3 is 2.70 bits per heavy atom. The Bertz CT molecular complexity index is 364. The van der Waals surface area contributed by atoms with Crippen LogP contribution >= 0.6 is 0 Å². The molecule has 5 heteroatoms. The molecule has 5 nitrogen and oxygen atoms in total. The molecule has 0 aromatic rings. The van der Waals surface area contributed by atoms with Gasteiger partial charge in [-0.3, -0.25) is 9.59 Å². The Hall–Kier alpha value is -1.10. The predicted molar refractivity (Wildman–Crippen MR) is 76.1 cm³/mol. The van der Waals surface area contributed by atoms with Crippen LogP contribution in [0.25, 0.3) is 0 Å². The Kier molecular flexibility index (Phi) is 5.02. The third kappa shape index (κ3) is 3.14. The van der Waals surface area contributed by atoms with Crippen LogP contribution in [0, 0.1) is 11.8 Å². The van der Waals surface area contributed by atoms with E-state index in [1.54, 1.807) is 0 Å². The number of amides is 2. The molecule has 2 rings (SSSR count). The summed E-state index contributed by atoms with van der Waals surface area (Å²) in [6, 6.07) is -0.680. The lowest BCUT2D eigenvalue weighted by atomic mass is 9.94. The highest BCUT2D eigenvalue weighted by Crippen LogP contribution is 2.22. The van der Waals surface area contributed by atoms with Crippen LogP contribution < -0.4 is 5.32 Å². The maximum absolute atomic E-state index is 12.7. The molecule has 2 saturated heterocycles. The Labute approximate surface area is 121 Å². The largest absolute Gasteiger partial charge is 0.381 e. The van der Waals surface area contributed by atoms with Crippen molar-refractivity contribution in [1.29, 1.82) is 0 Å². The highest BCUT2D eigenvalue weighted by atomic mass is 16.5. The summed E-state index contributed by atoms with van der Waals surface area (Å²) in [6.07, 6.45) is 2.61. The average molecular weight is 282 g/mol. The highest BCUT2D eigenvalue weighted by molar-refractivity contribution is 5.97. The summed E-state index contributed by atoms with van der Waals surface area (Å²) in [5.74, 6) is 0.572. The Morgan fingerprint density at radius 2 is 2.15 bits per heavy atom. The number of carbonyl (C=O) groups is 2. The standard InChI is InChI=1S/C15H26N2O3/c1-4-5-12-14(18)16-13(10(2)3)15(19)17(12)8-11-6-7-20-9-11/h10-13H,4-9H2,1-3H3,(H,16,18). The number of nitrogens with one attached hydrogen (secondary N) is 1. The third-order valence-electron chi connectivity index (χ3n) is 4.23. The van der Waals surface area contributed by atoms with Gasteiger partial charge in [0.25, 0.3) is 0 Å². The van der Waals surface area contributed by atoms with E-state index in [0.29, 0.717) is 19.1 Å². The molecule has 2 amide bonds. The van der Waals surface area contributed by atoms with Gasteiger partial charge in [0.05, 0.1) is 6.61 Å². The minimum Gasteiger partial charge on any atom is -0.381 e. The quantitative estimate of drug-likeness (QED) is 0.823. The highest BCUT2D eigenvalue weighted by Gasteiger charge is 2.42. The van der Waals surface area contributed by atoms with Gasteiger partial charge in [-0.25, -0.2) is 0 Å². The van der Waals surface area contributed by atoms with Crippen molar-refractivity contribution in [3.8, 4) is 0 Å². The van der Waals surface area contributed by atoms with E-state index in [9.17, 15) is 9.59 Å². The second-order valence-electron chi connectivity index (χ2n) is 6.25. The van der Waals surface area contributed by atoms with Crippen LogP contribution in [0.1, 0.15) is 40.0 Å². The van der Waals surface area contributed by atoms with Crippen LogP contribution in [0.15, 0.2) is 0 Å². The van der Waals surface area contributed by atoms with Gasteiger partial charge in [0.15, 0.2) is 0 Å². The molecule has 2 fully saturated rings. The zero-order valence-corrected chi connectivity index (χ0v) is 12.7. The van der Waals surface area contributed by atoms with Crippen molar-refractivity contribution < 1.29 is 14.3 Å². The van der Waals surface area contributed by atoms with Gasteiger partial charge < -0.3 is 15.0 Å². The topological polar surface area (TPSA) is 58.6 Å². The first-order chi connectivity index (χ1) is 9.54. The van der Waals surface area contributed by atoms with E-state index < -0.39 is 0 Å². The first-order valence-electron chi connectivity index (χ1n) is 7.73. The lowest BCUT2D eigenvalue weighted by Crippen LogP contribution is -2.65. The maximum atomic E-state index is 12.7. The van der Waals surface area contributed by atoms with Gasteiger partial charge in [-0.05, 0) is 18.8 Å². The maximum Gasteiger partial charge on any atom is 0.246 e. The fraction of sp³-hybridized carbons (Fsp3) is 0.867. The SMILES string of the molecule is CCCC1C(=O)NC(C(C)C)C(=O)N1CC1CCOC1. The molecule has 2 heterocycles. The van der Waals surface area contributed by atoms with Gasteiger partial charge in [0.2, 0.25) is 11.8 Å². The molecule has 114 valence electrons. The van der Waals surface area contributed by atoms with E-state index in [1.807, 2.05) is 25.7 Å². The van der Waals surface area contributed by atoms with Crippen molar-refractivity contribution in [3.05, 3.63) is 0 Å². The summed E-state index contributed by atoms with van der Waals surface area (Å²) in [4.78, 5) is 26.8. The molecule has 2 aliphatic rings. The van der Waals surface area contributed by atoms with E-state index in [4.69, 9.17) is 4.74 Å². The van der Waals surface area contributed by atoms with Gasteiger partial charge in [-0.2, -0.15) is 0 Å². The number of rotatable bonds is 5. The van der Waals surface area contributed by atoms with E-state index in [1.165, 1.54) is 0 Å². The number of carbonyl (C=O) groups excluding carboxylic acids is 2. The number of hydrogen-bond donors (Lipinski definition) is 1. The summed E-state index contributed by atoms with van der Waals surface area (Å²) in [5, 5.41) is 2.89. The summed E-state index contributed by atoms with van der Waals surface area (Å²) in [7, 11) is 0. The zero-order valence-electron chi connectivity index (χ0n) is 12.7. The summed E-state index contributed by atoms with van der Waals surface area (Å²) in [5.41, 5.74) is 0. The number of nitrogens with zero attached hydrogens (tertiary/aromatic N) is 1. The zero-order chi connectivity index (χ0) is 14.7. The smallest absolute Gasteiger partial charge is 0.246 e. The van der Waals surface area contributed by atoms with E-state index in [2.05, 4.69) is 5.32 Å². The van der Waals surface area contributed by atoms with Crippen LogP contribution in [0.5, 0.6) is 0 Å². The molecule has 0 radical (unpaired) electrons. The number of hydrogen-bond acceptors (Lipinski definition) is 3. The van der Waals surface area contributed by atoms with Crippen molar-refractivity contribution in [3.63, 3.8) is 0 Å². The first-order valence-corrected chi connectivity index (χ1v) is 7.73. The Morgan fingerprint density at radius 1 is 1.40 bits per heavy atom. The van der Waals surface area contributed by atoms with Crippen molar-refractivity contribution in [2.75, 3.05) is 19.8 Å². The molecular weight excluding hydrogens is 256 g/mol. The van der Waals surface area contributed by atoms with Gasteiger partial charge in [0.1, 0.15) is 12.1 Å². The second kappa shape index (κ2) is 6.57. The molecule has 0 bridgehead atoms. The molecule has 0 aliphatic carbocycles. The summed E-state index contributed by atoms with van der Waals surface area (Å²) >= 11 is 0. The van der Waals surface area contributed by atoms with Crippen molar-refractivity contribution >= 4 is 11.8 Å². The molecular formula is C15H26N2O3. The monoisotopic (exact) mass is 282 g/mol. The van der Waals surface area contributed by atoms with Crippen LogP contribution in [-0.2, 0) is 14.3 Å². The normalized spacial score (nSPS) is 31.0. The summed E-state index contributed by atoms with van der Waals surface area (Å²) < 4.78 is 5.39. The van der Waals surface area contributed by atoms with Gasteiger partial charge in [-0.15, -0.1) is 0 Å². The van der Waals surface area contributed by atoms with Crippen LogP contribution in [-0.4, -0.2) is 48.6 Å². The summed E-state index contributed by atoms with van der Waals surface area (Å²) in [6.45, 7) is 8.12. The average Bonchev–Trinajstić information content (AvgIpc) is 2.90. The van der Waals surface area contributed by atoms with E-state index >= 15 is 0 Å². The predicted octanol–water partition coefficient (Wildman–Crippen LogP) is 1.17. The number of piperazine rings is 1. The van der Waals surface area contributed by atoms with Crippen LogP contribution in [0.3, 0.4) is 0 Å². The van der Waals surface area contributed by atoms with Gasteiger partial charge >= 0.3 is 0 Å².